The van der Waals surface area contributed by atoms with Crippen molar-refractivity contribution in [2.24, 2.45) is 0 Å². The third-order valence-electron chi connectivity index (χ3n) is 5.81. The molecule has 0 radical (unpaired) electrons. The molecule has 1 aliphatic rings. The van der Waals surface area contributed by atoms with Crippen molar-refractivity contribution in [2.75, 3.05) is 54.2 Å². The number of amides is 1. The van der Waals surface area contributed by atoms with Crippen LogP contribution in [0.3, 0.4) is 0 Å². The average Bonchev–Trinajstić information content (AvgIpc) is 3.40. The summed E-state index contributed by atoms with van der Waals surface area (Å²) in [6, 6.07) is 13.6. The molecule has 1 saturated heterocycles. The Hall–Kier alpha value is -3.14. The molecular weight excluding hydrogens is 454 g/mol. The van der Waals surface area contributed by atoms with Crippen molar-refractivity contribution in [3.63, 3.8) is 0 Å². The van der Waals surface area contributed by atoms with Gasteiger partial charge in [-0.2, -0.15) is 0 Å². The molecule has 0 aliphatic carbocycles. The first-order valence-electron chi connectivity index (χ1n) is 11.0. The van der Waals surface area contributed by atoms with Gasteiger partial charge in [-0.05, 0) is 35.9 Å². The second kappa shape index (κ2) is 11.3. The molecule has 34 heavy (non-hydrogen) atoms. The van der Waals surface area contributed by atoms with Gasteiger partial charge in [0, 0.05) is 30.6 Å². The summed E-state index contributed by atoms with van der Waals surface area (Å²) >= 11 is 1.42. The quantitative estimate of drug-likeness (QED) is 0.498. The minimum absolute atomic E-state index is 0.0303. The topological polar surface area (TPSA) is 82.2 Å². The van der Waals surface area contributed by atoms with Crippen LogP contribution in [0.15, 0.2) is 47.8 Å². The molecular formula is C25H29N3O5S. The van der Waals surface area contributed by atoms with Crippen LogP contribution in [0, 0.1) is 0 Å². The van der Waals surface area contributed by atoms with Crippen LogP contribution in [-0.4, -0.2) is 70.0 Å². The Balaban J connectivity index is 1.47. The van der Waals surface area contributed by atoms with Crippen LogP contribution >= 0.6 is 11.3 Å². The zero-order valence-electron chi connectivity index (χ0n) is 19.6. The monoisotopic (exact) mass is 483 g/mol. The highest BCUT2D eigenvalue weighted by molar-refractivity contribution is 7.13. The predicted molar refractivity (Wildman–Crippen MR) is 131 cm³/mol. The fraction of sp³-hybridized carbons (Fsp3) is 0.360. The predicted octanol–water partition coefficient (Wildman–Crippen LogP) is 3.64. The Kier molecular flexibility index (Phi) is 7.99. The summed E-state index contributed by atoms with van der Waals surface area (Å²) in [4.78, 5) is 19.8. The van der Waals surface area contributed by atoms with E-state index in [1.54, 1.807) is 26.7 Å². The first kappa shape index (κ1) is 24.0. The van der Waals surface area contributed by atoms with Crippen LogP contribution in [0.25, 0.3) is 10.6 Å². The third-order valence-corrected chi connectivity index (χ3v) is 6.70. The number of carbonyl (C=O) groups excluding carboxylic acids is 1. The number of nitrogens with zero attached hydrogens (tertiary/aromatic N) is 2. The van der Waals surface area contributed by atoms with E-state index in [0.717, 1.165) is 35.0 Å². The van der Waals surface area contributed by atoms with E-state index >= 15 is 0 Å². The lowest BCUT2D eigenvalue weighted by molar-refractivity contribution is 0.0162. The highest BCUT2D eigenvalue weighted by Crippen LogP contribution is 2.33. The number of ether oxygens (including phenoxy) is 4. The van der Waals surface area contributed by atoms with E-state index in [4.69, 9.17) is 18.9 Å². The second-order valence-corrected chi connectivity index (χ2v) is 8.61. The van der Waals surface area contributed by atoms with Gasteiger partial charge in [0.25, 0.3) is 5.91 Å². The van der Waals surface area contributed by atoms with Crippen LogP contribution < -0.4 is 19.5 Å². The molecule has 0 spiro atoms. The van der Waals surface area contributed by atoms with Crippen molar-refractivity contribution in [1.29, 1.82) is 0 Å². The van der Waals surface area contributed by atoms with E-state index in [2.05, 4.69) is 15.2 Å². The van der Waals surface area contributed by atoms with Gasteiger partial charge in [0.15, 0.2) is 11.5 Å². The van der Waals surface area contributed by atoms with Crippen LogP contribution in [-0.2, 0) is 4.74 Å². The van der Waals surface area contributed by atoms with Gasteiger partial charge >= 0.3 is 0 Å². The van der Waals surface area contributed by atoms with Crippen molar-refractivity contribution in [2.45, 2.75) is 6.04 Å². The SMILES string of the molecule is COc1ccc([C@@H](CNC(=O)c2csc(-c3ccc(OC)c(OC)c3)n2)N2CCOCC2)cc1. The van der Waals surface area contributed by atoms with Crippen molar-refractivity contribution in [3.8, 4) is 27.8 Å². The van der Waals surface area contributed by atoms with E-state index in [9.17, 15) is 4.79 Å². The molecule has 0 bridgehead atoms. The number of nitrogens with one attached hydrogen (secondary N) is 1. The molecule has 1 amide bonds. The lowest BCUT2D eigenvalue weighted by Crippen LogP contribution is -2.43. The Morgan fingerprint density at radius 3 is 2.47 bits per heavy atom. The number of hydrogen-bond acceptors (Lipinski definition) is 8. The van der Waals surface area contributed by atoms with Crippen molar-refractivity contribution >= 4 is 17.2 Å². The van der Waals surface area contributed by atoms with Crippen molar-refractivity contribution < 1.29 is 23.7 Å². The summed E-state index contributed by atoms with van der Waals surface area (Å²) < 4.78 is 21.5. The van der Waals surface area contributed by atoms with Gasteiger partial charge in [0.1, 0.15) is 16.5 Å². The van der Waals surface area contributed by atoms with Gasteiger partial charge < -0.3 is 24.3 Å². The zero-order chi connectivity index (χ0) is 23.9. The van der Waals surface area contributed by atoms with Gasteiger partial charge in [-0.3, -0.25) is 9.69 Å². The number of benzene rings is 2. The molecule has 0 unspecified atom stereocenters. The third kappa shape index (κ3) is 5.49. The number of morpholine rings is 1. The number of thiazole rings is 1. The molecule has 1 N–H and O–H groups in total. The summed E-state index contributed by atoms with van der Waals surface area (Å²) in [5.41, 5.74) is 2.38. The number of rotatable bonds is 9. The summed E-state index contributed by atoms with van der Waals surface area (Å²) in [7, 11) is 4.84. The highest BCUT2D eigenvalue weighted by atomic mass is 32.1. The van der Waals surface area contributed by atoms with E-state index < -0.39 is 0 Å². The first-order valence-corrected chi connectivity index (χ1v) is 11.9. The van der Waals surface area contributed by atoms with Crippen LogP contribution in [0.4, 0.5) is 0 Å². The lowest BCUT2D eigenvalue weighted by Gasteiger charge is -2.35. The van der Waals surface area contributed by atoms with E-state index in [1.807, 2.05) is 42.5 Å². The van der Waals surface area contributed by atoms with Gasteiger partial charge in [0.2, 0.25) is 0 Å². The Labute approximate surface area is 203 Å². The van der Waals surface area contributed by atoms with Gasteiger partial charge in [-0.15, -0.1) is 11.3 Å². The smallest absolute Gasteiger partial charge is 0.270 e. The Morgan fingerprint density at radius 1 is 1.06 bits per heavy atom. The largest absolute Gasteiger partial charge is 0.497 e. The average molecular weight is 484 g/mol. The normalized spacial score (nSPS) is 14.9. The van der Waals surface area contributed by atoms with Crippen molar-refractivity contribution in [3.05, 3.63) is 59.1 Å². The number of aromatic nitrogens is 1. The zero-order valence-corrected chi connectivity index (χ0v) is 20.4. The summed E-state index contributed by atoms with van der Waals surface area (Å²) in [5.74, 6) is 1.87. The summed E-state index contributed by atoms with van der Waals surface area (Å²) in [5, 5.41) is 5.59. The van der Waals surface area contributed by atoms with Gasteiger partial charge in [-0.1, -0.05) is 12.1 Å². The highest BCUT2D eigenvalue weighted by Gasteiger charge is 2.24. The number of hydrogen-bond donors (Lipinski definition) is 1. The maximum atomic E-state index is 13.0. The molecule has 2 heterocycles. The molecule has 1 atom stereocenters. The molecule has 9 heteroatoms. The standard InChI is InChI=1S/C25H29N3O5S/c1-30-19-7-4-17(5-8-19)21(28-10-12-33-13-11-28)15-26-24(29)20-16-34-25(27-20)18-6-9-22(31-2)23(14-18)32-3/h4-9,14,16,21H,10-13,15H2,1-3H3,(H,26,29)/t21-/m1/s1. The second-order valence-electron chi connectivity index (χ2n) is 7.75. The van der Waals surface area contributed by atoms with Crippen LogP contribution in [0.2, 0.25) is 0 Å². The Morgan fingerprint density at radius 2 is 1.79 bits per heavy atom. The first-order chi connectivity index (χ1) is 16.6. The van der Waals surface area contributed by atoms with E-state index in [0.29, 0.717) is 37.0 Å². The number of carbonyl (C=O) groups is 1. The van der Waals surface area contributed by atoms with Gasteiger partial charge in [0.05, 0.1) is 40.6 Å². The fourth-order valence-corrected chi connectivity index (χ4v) is 4.73. The molecule has 8 nitrogen and oxygen atoms in total. The molecule has 1 aliphatic heterocycles. The Bertz CT molecular complexity index is 1100. The summed E-state index contributed by atoms with van der Waals surface area (Å²) in [6.07, 6.45) is 0. The minimum Gasteiger partial charge on any atom is -0.497 e. The van der Waals surface area contributed by atoms with Gasteiger partial charge in [-0.25, -0.2) is 4.98 Å². The molecule has 1 aromatic heterocycles. The van der Waals surface area contributed by atoms with E-state index in [1.165, 1.54) is 11.3 Å². The van der Waals surface area contributed by atoms with Crippen LogP contribution in [0.1, 0.15) is 22.1 Å². The molecule has 2 aromatic carbocycles. The lowest BCUT2D eigenvalue weighted by atomic mass is 10.0. The molecule has 180 valence electrons. The summed E-state index contributed by atoms with van der Waals surface area (Å²) in [6.45, 7) is 3.45. The van der Waals surface area contributed by atoms with E-state index in [-0.39, 0.29) is 11.9 Å². The van der Waals surface area contributed by atoms with Crippen LogP contribution in [0.5, 0.6) is 17.2 Å². The molecule has 0 saturated carbocycles. The fourth-order valence-electron chi connectivity index (χ4n) is 3.93. The maximum Gasteiger partial charge on any atom is 0.270 e. The van der Waals surface area contributed by atoms with Crippen molar-refractivity contribution in [1.82, 2.24) is 15.2 Å². The minimum atomic E-state index is -0.199. The molecule has 1 fully saturated rings. The number of methoxy groups -OCH3 is 3. The molecule has 4 rings (SSSR count). The molecule has 3 aromatic rings. The maximum absolute atomic E-state index is 13.0.